The highest BCUT2D eigenvalue weighted by atomic mass is 32.2. The highest BCUT2D eigenvalue weighted by Gasteiger charge is 2.31. The first-order valence-corrected chi connectivity index (χ1v) is 9.12. The Labute approximate surface area is 130 Å². The van der Waals surface area contributed by atoms with Gasteiger partial charge in [0.15, 0.2) is 6.10 Å². The number of rotatable bonds is 6. The Morgan fingerprint density at radius 2 is 2.14 bits per heavy atom. The molecule has 6 nitrogen and oxygen atoms in total. The van der Waals surface area contributed by atoms with Gasteiger partial charge in [-0.2, -0.15) is 0 Å². The van der Waals surface area contributed by atoms with E-state index in [4.69, 9.17) is 4.74 Å². The second-order valence-electron chi connectivity index (χ2n) is 5.79. The predicted molar refractivity (Wildman–Crippen MR) is 82.4 cm³/mol. The summed E-state index contributed by atoms with van der Waals surface area (Å²) in [6, 6.07) is 4.62. The van der Waals surface area contributed by atoms with E-state index in [0.717, 1.165) is 25.7 Å². The number of sulfonamides is 1. The first-order chi connectivity index (χ1) is 10.5. The maximum atomic E-state index is 12.2. The standard InChI is InChI=1S/C15H20N2O4S/c1-2-3-4-14-15(18)16-12-9-11(7-8-13(12)21-14)22(19,20)17-10-5-6-10/h7-10,14,17H,2-6H2,1H3,(H,16,18)/t14-/m0/s1. The number of anilines is 1. The zero-order valence-corrected chi connectivity index (χ0v) is 13.3. The lowest BCUT2D eigenvalue weighted by molar-refractivity contribution is -0.123. The minimum atomic E-state index is -3.53. The molecule has 1 aromatic carbocycles. The first-order valence-electron chi connectivity index (χ1n) is 7.63. The number of fused-ring (bicyclic) bond motifs is 1. The minimum absolute atomic E-state index is 0.0466. The average molecular weight is 324 g/mol. The zero-order valence-electron chi connectivity index (χ0n) is 12.5. The van der Waals surface area contributed by atoms with Gasteiger partial charge in [-0.05, 0) is 43.9 Å². The van der Waals surface area contributed by atoms with Crippen molar-refractivity contribution in [1.29, 1.82) is 0 Å². The smallest absolute Gasteiger partial charge is 0.265 e. The fourth-order valence-electron chi connectivity index (χ4n) is 2.36. The number of unbranched alkanes of at least 4 members (excludes halogenated alkanes) is 1. The van der Waals surface area contributed by atoms with Crippen LogP contribution in [0.2, 0.25) is 0 Å². The molecule has 0 radical (unpaired) electrons. The van der Waals surface area contributed by atoms with Gasteiger partial charge in [-0.25, -0.2) is 13.1 Å². The summed E-state index contributed by atoms with van der Waals surface area (Å²) in [6.07, 6.45) is 3.81. The van der Waals surface area contributed by atoms with Crippen LogP contribution in [0.5, 0.6) is 5.75 Å². The van der Waals surface area contributed by atoms with Crippen molar-refractivity contribution in [3.05, 3.63) is 18.2 Å². The van der Waals surface area contributed by atoms with E-state index in [1.807, 2.05) is 0 Å². The van der Waals surface area contributed by atoms with Crippen molar-refractivity contribution in [2.45, 2.75) is 56.1 Å². The molecule has 1 fully saturated rings. The molecule has 1 aliphatic carbocycles. The molecule has 1 amide bonds. The number of hydrogen-bond acceptors (Lipinski definition) is 4. The number of benzene rings is 1. The molecule has 1 heterocycles. The van der Waals surface area contributed by atoms with Crippen molar-refractivity contribution in [2.24, 2.45) is 0 Å². The van der Waals surface area contributed by atoms with Crippen LogP contribution in [0.4, 0.5) is 5.69 Å². The monoisotopic (exact) mass is 324 g/mol. The minimum Gasteiger partial charge on any atom is -0.478 e. The molecule has 120 valence electrons. The van der Waals surface area contributed by atoms with Gasteiger partial charge in [0.25, 0.3) is 5.91 Å². The van der Waals surface area contributed by atoms with Crippen LogP contribution >= 0.6 is 0 Å². The molecule has 2 aliphatic rings. The third-order valence-corrected chi connectivity index (χ3v) is 5.32. The first kappa shape index (κ1) is 15.3. The lowest BCUT2D eigenvalue weighted by atomic mass is 10.1. The van der Waals surface area contributed by atoms with Gasteiger partial charge in [-0.3, -0.25) is 4.79 Å². The van der Waals surface area contributed by atoms with Crippen LogP contribution in [-0.2, 0) is 14.8 Å². The lowest BCUT2D eigenvalue weighted by Crippen LogP contribution is -2.37. The number of hydrogen-bond donors (Lipinski definition) is 2. The second-order valence-corrected chi connectivity index (χ2v) is 7.51. The Kier molecular flexibility index (Phi) is 4.10. The van der Waals surface area contributed by atoms with Crippen LogP contribution in [0.25, 0.3) is 0 Å². The van der Waals surface area contributed by atoms with E-state index in [0.29, 0.717) is 17.9 Å². The molecule has 1 saturated carbocycles. The zero-order chi connectivity index (χ0) is 15.7. The van der Waals surface area contributed by atoms with Gasteiger partial charge < -0.3 is 10.1 Å². The summed E-state index contributed by atoms with van der Waals surface area (Å²) in [6.45, 7) is 2.05. The van der Waals surface area contributed by atoms with Crippen LogP contribution < -0.4 is 14.8 Å². The Balaban J connectivity index is 1.80. The molecule has 0 aromatic heterocycles. The van der Waals surface area contributed by atoms with Crippen molar-refractivity contribution in [2.75, 3.05) is 5.32 Å². The summed E-state index contributed by atoms with van der Waals surface area (Å²) in [5.74, 6) is 0.303. The molecule has 0 spiro atoms. The molecule has 1 aliphatic heterocycles. The third kappa shape index (κ3) is 3.25. The van der Waals surface area contributed by atoms with E-state index in [9.17, 15) is 13.2 Å². The van der Waals surface area contributed by atoms with Gasteiger partial charge in [0.1, 0.15) is 5.75 Å². The number of carbonyl (C=O) groups excluding carboxylic acids is 1. The predicted octanol–water partition coefficient (Wildman–Crippen LogP) is 2.02. The van der Waals surface area contributed by atoms with E-state index < -0.39 is 16.1 Å². The van der Waals surface area contributed by atoms with Crippen LogP contribution in [0.15, 0.2) is 23.1 Å². The Hall–Kier alpha value is -1.60. The highest BCUT2D eigenvalue weighted by molar-refractivity contribution is 7.89. The lowest BCUT2D eigenvalue weighted by Gasteiger charge is -2.26. The van der Waals surface area contributed by atoms with E-state index in [-0.39, 0.29) is 16.8 Å². The average Bonchev–Trinajstić information content (AvgIpc) is 3.27. The van der Waals surface area contributed by atoms with E-state index in [1.165, 1.54) is 12.1 Å². The van der Waals surface area contributed by atoms with Gasteiger partial charge in [-0.1, -0.05) is 13.3 Å². The van der Waals surface area contributed by atoms with Gasteiger partial charge >= 0.3 is 0 Å². The molecular weight excluding hydrogens is 304 g/mol. The Bertz CT molecular complexity index is 683. The highest BCUT2D eigenvalue weighted by Crippen LogP contribution is 2.33. The third-order valence-electron chi connectivity index (χ3n) is 3.80. The van der Waals surface area contributed by atoms with Crippen LogP contribution in [0.3, 0.4) is 0 Å². The van der Waals surface area contributed by atoms with E-state index >= 15 is 0 Å². The quantitative estimate of drug-likeness (QED) is 0.838. The number of carbonyl (C=O) groups is 1. The van der Waals surface area contributed by atoms with Crippen molar-refractivity contribution in [3.63, 3.8) is 0 Å². The normalized spacial score (nSPS) is 21.0. The SMILES string of the molecule is CCCC[C@@H]1Oc2ccc(S(=O)(=O)NC3CC3)cc2NC1=O. The van der Waals surface area contributed by atoms with Gasteiger partial charge in [0.05, 0.1) is 10.6 Å². The topological polar surface area (TPSA) is 84.5 Å². The Morgan fingerprint density at radius 3 is 2.82 bits per heavy atom. The van der Waals surface area contributed by atoms with Gasteiger partial charge in [0.2, 0.25) is 10.0 Å². The number of nitrogens with one attached hydrogen (secondary N) is 2. The van der Waals surface area contributed by atoms with Gasteiger partial charge in [-0.15, -0.1) is 0 Å². The molecule has 2 N–H and O–H groups in total. The number of amides is 1. The number of ether oxygens (including phenoxy) is 1. The molecule has 0 saturated heterocycles. The molecule has 3 rings (SSSR count). The fourth-order valence-corrected chi connectivity index (χ4v) is 3.70. The molecule has 1 aromatic rings. The molecule has 0 unspecified atom stereocenters. The van der Waals surface area contributed by atoms with Gasteiger partial charge in [0, 0.05) is 6.04 Å². The maximum Gasteiger partial charge on any atom is 0.265 e. The van der Waals surface area contributed by atoms with Crippen LogP contribution in [0, 0.1) is 0 Å². The molecule has 0 bridgehead atoms. The summed E-state index contributed by atoms with van der Waals surface area (Å²) in [4.78, 5) is 12.2. The van der Waals surface area contributed by atoms with Crippen LogP contribution in [-0.4, -0.2) is 26.5 Å². The van der Waals surface area contributed by atoms with Crippen LogP contribution in [0.1, 0.15) is 39.0 Å². The van der Waals surface area contributed by atoms with Crippen molar-refractivity contribution >= 4 is 21.6 Å². The van der Waals surface area contributed by atoms with Crippen molar-refractivity contribution in [1.82, 2.24) is 4.72 Å². The molecule has 22 heavy (non-hydrogen) atoms. The molecular formula is C15H20N2O4S. The van der Waals surface area contributed by atoms with E-state index in [2.05, 4.69) is 17.0 Å². The summed E-state index contributed by atoms with van der Waals surface area (Å²) in [7, 11) is -3.53. The summed E-state index contributed by atoms with van der Waals surface area (Å²) in [5.41, 5.74) is 0.413. The summed E-state index contributed by atoms with van der Waals surface area (Å²) < 4.78 is 32.7. The molecule has 7 heteroatoms. The van der Waals surface area contributed by atoms with Crippen molar-refractivity contribution < 1.29 is 17.9 Å². The van der Waals surface area contributed by atoms with Crippen molar-refractivity contribution in [3.8, 4) is 5.75 Å². The van der Waals surface area contributed by atoms with E-state index in [1.54, 1.807) is 6.07 Å². The maximum absolute atomic E-state index is 12.2. The Morgan fingerprint density at radius 1 is 1.36 bits per heavy atom. The largest absolute Gasteiger partial charge is 0.478 e. The second kappa shape index (κ2) is 5.89. The summed E-state index contributed by atoms with van der Waals surface area (Å²) >= 11 is 0. The molecule has 1 atom stereocenters. The summed E-state index contributed by atoms with van der Waals surface area (Å²) in [5, 5.41) is 2.74. The fraction of sp³-hybridized carbons (Fsp3) is 0.533.